The number of pyridine rings is 1. The first-order valence-corrected chi connectivity index (χ1v) is 9.63. The van der Waals surface area contributed by atoms with Gasteiger partial charge in [-0.2, -0.15) is 5.01 Å². The molecule has 0 bridgehead atoms. The number of hydrogen-bond donors (Lipinski definition) is 0. The molecule has 7 heteroatoms. The minimum absolute atomic E-state index is 0.279. The summed E-state index contributed by atoms with van der Waals surface area (Å²) in [5.74, 6) is -1.05. The van der Waals surface area contributed by atoms with E-state index in [2.05, 4.69) is 4.98 Å². The van der Waals surface area contributed by atoms with Crippen LogP contribution < -0.4 is 5.01 Å². The third-order valence-electron chi connectivity index (χ3n) is 5.09. The number of fused-ring (bicyclic) bond motifs is 1. The van der Waals surface area contributed by atoms with E-state index in [0.717, 1.165) is 5.01 Å². The molecule has 1 aliphatic rings. The Balaban J connectivity index is 1.95. The van der Waals surface area contributed by atoms with Crippen molar-refractivity contribution in [3.05, 3.63) is 64.6 Å². The molecule has 0 radical (unpaired) electrons. The highest BCUT2D eigenvalue weighted by molar-refractivity contribution is 6.39. The first kappa shape index (κ1) is 18.7. The van der Waals surface area contributed by atoms with Crippen molar-refractivity contribution in [2.75, 3.05) is 5.01 Å². The van der Waals surface area contributed by atoms with Gasteiger partial charge >= 0.3 is 0 Å². The van der Waals surface area contributed by atoms with Crippen molar-refractivity contribution in [3.8, 4) is 0 Å². The van der Waals surface area contributed by atoms with Gasteiger partial charge in [0, 0.05) is 23.3 Å². The second kappa shape index (κ2) is 7.08. The zero-order valence-electron chi connectivity index (χ0n) is 15.3. The van der Waals surface area contributed by atoms with Crippen LogP contribution in [0.1, 0.15) is 13.8 Å². The van der Waals surface area contributed by atoms with E-state index in [0.29, 0.717) is 32.5 Å². The molecule has 2 unspecified atom stereocenters. The number of carbonyl (C=O) groups is 2. The summed E-state index contributed by atoms with van der Waals surface area (Å²) in [6.07, 6.45) is 0. The third kappa shape index (κ3) is 2.91. The fourth-order valence-corrected chi connectivity index (χ4v) is 3.77. The Kier molecular flexibility index (Phi) is 4.73. The van der Waals surface area contributed by atoms with E-state index in [-0.39, 0.29) is 11.8 Å². The Morgan fingerprint density at radius 2 is 1.54 bits per heavy atom. The van der Waals surface area contributed by atoms with Crippen LogP contribution in [0.4, 0.5) is 11.5 Å². The van der Waals surface area contributed by atoms with E-state index in [9.17, 15) is 9.59 Å². The first-order chi connectivity index (χ1) is 13.4. The zero-order chi connectivity index (χ0) is 20.0. The number of rotatable bonds is 3. The monoisotopic (exact) mass is 413 g/mol. The highest BCUT2D eigenvalue weighted by Crippen LogP contribution is 2.37. The number of aromatic nitrogens is 1. The summed E-state index contributed by atoms with van der Waals surface area (Å²) in [5, 5.41) is 4.25. The van der Waals surface area contributed by atoms with Gasteiger partial charge in [0.25, 0.3) is 11.8 Å². The lowest BCUT2D eigenvalue weighted by Gasteiger charge is -2.31. The molecule has 0 N–H and O–H groups in total. The molecule has 3 aromatic rings. The second-order valence-electron chi connectivity index (χ2n) is 6.81. The quantitative estimate of drug-likeness (QED) is 0.551. The zero-order valence-corrected chi connectivity index (χ0v) is 16.8. The van der Waals surface area contributed by atoms with Crippen molar-refractivity contribution in [2.24, 2.45) is 11.8 Å². The normalized spacial score (nSPS) is 19.5. The van der Waals surface area contributed by atoms with Gasteiger partial charge in [0.15, 0.2) is 5.82 Å². The van der Waals surface area contributed by atoms with Crippen LogP contribution >= 0.6 is 23.2 Å². The maximum atomic E-state index is 12.9. The van der Waals surface area contributed by atoms with E-state index < -0.39 is 11.8 Å². The largest absolute Gasteiger partial charge is 0.272 e. The molecule has 0 aliphatic carbocycles. The molecular weight excluding hydrogens is 397 g/mol. The molecule has 1 aromatic heterocycles. The van der Waals surface area contributed by atoms with E-state index in [4.69, 9.17) is 23.2 Å². The van der Waals surface area contributed by atoms with Gasteiger partial charge in [-0.25, -0.2) is 9.99 Å². The Hall–Kier alpha value is -2.63. The molecule has 5 nitrogen and oxygen atoms in total. The number of carbonyl (C=O) groups excluding carboxylic acids is 2. The van der Waals surface area contributed by atoms with Crippen LogP contribution in [0.25, 0.3) is 10.9 Å². The molecule has 1 aliphatic heterocycles. The van der Waals surface area contributed by atoms with Gasteiger partial charge in [0.2, 0.25) is 0 Å². The number of hydrogen-bond acceptors (Lipinski definition) is 4. The van der Waals surface area contributed by atoms with Gasteiger partial charge in [-0.15, -0.1) is 0 Å². The summed E-state index contributed by atoms with van der Waals surface area (Å²) in [7, 11) is 0. The predicted octanol–water partition coefficient (Wildman–Crippen LogP) is 5.24. The van der Waals surface area contributed by atoms with E-state index in [1.807, 2.05) is 24.3 Å². The third-order valence-corrected chi connectivity index (χ3v) is 5.71. The van der Waals surface area contributed by atoms with Gasteiger partial charge in [-0.3, -0.25) is 9.59 Å². The molecular formula is C21H17Cl2N3O2. The molecule has 1 fully saturated rings. The molecule has 4 rings (SSSR count). The topological polar surface area (TPSA) is 53.5 Å². The van der Waals surface area contributed by atoms with Gasteiger partial charge in [0.1, 0.15) is 0 Å². The van der Waals surface area contributed by atoms with Gasteiger partial charge < -0.3 is 0 Å². The Bertz CT molecular complexity index is 1070. The summed E-state index contributed by atoms with van der Waals surface area (Å²) in [6.45, 7) is 3.51. The number of imide groups is 1. The minimum atomic E-state index is -0.418. The number of benzene rings is 2. The molecule has 2 heterocycles. The average molecular weight is 414 g/mol. The molecule has 1 saturated heterocycles. The van der Waals surface area contributed by atoms with Crippen LogP contribution in [0.2, 0.25) is 10.0 Å². The van der Waals surface area contributed by atoms with Gasteiger partial charge in [-0.05, 0) is 18.2 Å². The fourth-order valence-electron chi connectivity index (χ4n) is 3.31. The number of amides is 2. The number of hydrazine groups is 1. The molecule has 2 atom stereocenters. The minimum Gasteiger partial charge on any atom is -0.272 e. The van der Waals surface area contributed by atoms with Crippen LogP contribution in [0.15, 0.2) is 54.6 Å². The maximum absolute atomic E-state index is 12.9. The smallest absolute Gasteiger partial charge is 0.252 e. The Morgan fingerprint density at radius 3 is 2.18 bits per heavy atom. The van der Waals surface area contributed by atoms with Crippen molar-refractivity contribution in [1.82, 2.24) is 9.99 Å². The van der Waals surface area contributed by atoms with Crippen molar-refractivity contribution >= 4 is 57.4 Å². The highest BCUT2D eigenvalue weighted by Gasteiger charge is 2.46. The van der Waals surface area contributed by atoms with Crippen LogP contribution in [0.5, 0.6) is 0 Å². The van der Waals surface area contributed by atoms with E-state index >= 15 is 0 Å². The van der Waals surface area contributed by atoms with Crippen LogP contribution in [-0.4, -0.2) is 21.8 Å². The maximum Gasteiger partial charge on any atom is 0.252 e. The van der Waals surface area contributed by atoms with Crippen LogP contribution in [0.3, 0.4) is 0 Å². The predicted molar refractivity (Wildman–Crippen MR) is 111 cm³/mol. The van der Waals surface area contributed by atoms with Crippen LogP contribution in [0, 0.1) is 11.8 Å². The molecule has 2 amide bonds. The fraction of sp³-hybridized carbons (Fsp3) is 0.190. The summed E-state index contributed by atoms with van der Waals surface area (Å²) in [6, 6.07) is 16.1. The summed E-state index contributed by atoms with van der Waals surface area (Å²) in [4.78, 5) is 30.5. The van der Waals surface area contributed by atoms with Crippen molar-refractivity contribution in [3.63, 3.8) is 0 Å². The lowest BCUT2D eigenvalue weighted by atomic mass is 10.00. The summed E-state index contributed by atoms with van der Waals surface area (Å²) in [5.41, 5.74) is 1.13. The second-order valence-corrected chi connectivity index (χ2v) is 7.63. The average Bonchev–Trinajstić information content (AvgIpc) is 2.88. The van der Waals surface area contributed by atoms with Crippen molar-refractivity contribution < 1.29 is 9.59 Å². The highest BCUT2D eigenvalue weighted by atomic mass is 35.5. The Labute approximate surface area is 172 Å². The standard InChI is InChI=1S/C21H17Cl2N3O2/c1-12-13(2)21(28)26(20(12)27)25(14-7-4-3-5-8-14)18-11-17(23)15-9-6-10-16(22)19(15)24-18/h3-13H,1-2H3. The first-order valence-electron chi connectivity index (χ1n) is 8.88. The van der Waals surface area contributed by atoms with Gasteiger partial charge in [0.05, 0.1) is 21.2 Å². The van der Waals surface area contributed by atoms with E-state index in [1.54, 1.807) is 44.2 Å². The number of halogens is 2. The Morgan fingerprint density at radius 1 is 0.893 bits per heavy atom. The molecule has 142 valence electrons. The molecule has 28 heavy (non-hydrogen) atoms. The van der Waals surface area contributed by atoms with Crippen molar-refractivity contribution in [2.45, 2.75) is 13.8 Å². The van der Waals surface area contributed by atoms with Crippen molar-refractivity contribution in [1.29, 1.82) is 0 Å². The summed E-state index contributed by atoms with van der Waals surface area (Å²) >= 11 is 12.8. The molecule has 0 saturated carbocycles. The number of anilines is 2. The lowest BCUT2D eigenvalue weighted by molar-refractivity contribution is -0.139. The summed E-state index contributed by atoms with van der Waals surface area (Å²) < 4.78 is 0. The SMILES string of the molecule is CC1C(=O)N(N(c2ccccc2)c2cc(Cl)c3cccc(Cl)c3n2)C(=O)C1C. The number of nitrogens with zero attached hydrogens (tertiary/aromatic N) is 3. The number of para-hydroxylation sites is 2. The molecule has 2 aromatic carbocycles. The molecule has 0 spiro atoms. The lowest BCUT2D eigenvalue weighted by Crippen LogP contribution is -2.44. The van der Waals surface area contributed by atoms with Gasteiger partial charge in [-0.1, -0.05) is 67.4 Å². The van der Waals surface area contributed by atoms with E-state index in [1.165, 1.54) is 5.01 Å². The van der Waals surface area contributed by atoms with Crippen LogP contribution in [-0.2, 0) is 9.59 Å².